The number of sulfonamides is 1. The molecule has 2 rings (SSSR count). The fourth-order valence-corrected chi connectivity index (χ4v) is 5.47. The fraction of sp³-hybridized carbons (Fsp3) is 0.500. The van der Waals surface area contributed by atoms with Crippen molar-refractivity contribution in [2.75, 3.05) is 43.7 Å². The summed E-state index contributed by atoms with van der Waals surface area (Å²) in [4.78, 5) is 35.0. The van der Waals surface area contributed by atoms with Gasteiger partial charge in [0, 0.05) is 26.2 Å². The molecule has 15 heteroatoms. The highest BCUT2D eigenvalue weighted by atomic mass is 32.2. The Labute approximate surface area is 178 Å². The molecule has 0 aromatic heterocycles. The molecule has 1 amide bonds. The van der Waals surface area contributed by atoms with Gasteiger partial charge < -0.3 is 15.0 Å². The molecule has 1 saturated heterocycles. The molecule has 172 valence electrons. The van der Waals surface area contributed by atoms with Gasteiger partial charge in [-0.15, -0.1) is 0 Å². The standard InChI is InChI=1S/C16H22N4O9S2/c1-19(2)13-4-3-12(7-14(13)20(23)24)31(27,28)17-8-16(22)29-9-15(21)18-11-5-6-30(25,26)10-11/h3-4,7,11,17H,5-6,8-10H2,1-2H3,(H,18,21). The van der Waals surface area contributed by atoms with Gasteiger partial charge in [-0.2, -0.15) is 4.72 Å². The SMILES string of the molecule is CN(C)c1ccc(S(=O)(=O)NCC(=O)OCC(=O)NC2CCS(=O)(=O)C2)cc1[N+](=O)[O-]. The van der Waals surface area contributed by atoms with Crippen LogP contribution < -0.4 is 14.9 Å². The monoisotopic (exact) mass is 478 g/mol. The maximum Gasteiger partial charge on any atom is 0.321 e. The summed E-state index contributed by atoms with van der Waals surface area (Å²) in [6, 6.07) is 2.72. The molecule has 0 bridgehead atoms. The predicted octanol–water partition coefficient (Wildman–Crippen LogP) is -1.21. The number of nitro groups is 1. The lowest BCUT2D eigenvalue weighted by molar-refractivity contribution is -0.384. The number of nitrogens with zero attached hydrogens (tertiary/aromatic N) is 2. The summed E-state index contributed by atoms with van der Waals surface area (Å²) in [7, 11) is -4.32. The fourth-order valence-electron chi connectivity index (χ4n) is 2.81. The normalized spacial score (nSPS) is 17.7. The van der Waals surface area contributed by atoms with Crippen molar-refractivity contribution in [1.29, 1.82) is 0 Å². The molecule has 1 unspecified atom stereocenters. The quantitative estimate of drug-likeness (QED) is 0.248. The largest absolute Gasteiger partial charge is 0.455 e. The van der Waals surface area contributed by atoms with E-state index >= 15 is 0 Å². The number of carbonyl (C=O) groups is 2. The zero-order chi connectivity index (χ0) is 23.4. The second-order valence-electron chi connectivity index (χ2n) is 6.95. The summed E-state index contributed by atoms with van der Waals surface area (Å²) in [5.41, 5.74) is -0.231. The minimum atomic E-state index is -4.27. The maximum absolute atomic E-state index is 12.3. The van der Waals surface area contributed by atoms with Crippen molar-refractivity contribution in [3.63, 3.8) is 0 Å². The molecular weight excluding hydrogens is 456 g/mol. The van der Waals surface area contributed by atoms with Crippen LogP contribution in [0.5, 0.6) is 0 Å². The van der Waals surface area contributed by atoms with Gasteiger partial charge in [0.25, 0.3) is 11.6 Å². The average molecular weight is 479 g/mol. The predicted molar refractivity (Wildman–Crippen MR) is 109 cm³/mol. The van der Waals surface area contributed by atoms with E-state index in [-0.39, 0.29) is 23.6 Å². The highest BCUT2D eigenvalue weighted by molar-refractivity contribution is 7.91. The van der Waals surface area contributed by atoms with Gasteiger partial charge in [0.05, 0.1) is 21.3 Å². The summed E-state index contributed by atoms with van der Waals surface area (Å²) in [6.45, 7) is -1.52. The Balaban J connectivity index is 1.90. The van der Waals surface area contributed by atoms with Gasteiger partial charge in [-0.1, -0.05) is 0 Å². The van der Waals surface area contributed by atoms with Crippen LogP contribution in [0.2, 0.25) is 0 Å². The lowest BCUT2D eigenvalue weighted by Crippen LogP contribution is -2.39. The number of amides is 1. The molecule has 1 aromatic rings. The van der Waals surface area contributed by atoms with Gasteiger partial charge in [0.1, 0.15) is 12.2 Å². The smallest absolute Gasteiger partial charge is 0.321 e. The molecule has 1 aromatic carbocycles. The Morgan fingerprint density at radius 3 is 2.55 bits per heavy atom. The number of nitrogens with one attached hydrogen (secondary N) is 2. The van der Waals surface area contributed by atoms with Crippen LogP contribution in [0.3, 0.4) is 0 Å². The third-order valence-electron chi connectivity index (χ3n) is 4.30. The second-order valence-corrected chi connectivity index (χ2v) is 11.0. The number of hydrogen-bond acceptors (Lipinski definition) is 10. The van der Waals surface area contributed by atoms with Crippen LogP contribution in [0.4, 0.5) is 11.4 Å². The number of nitro benzene ring substituents is 1. The van der Waals surface area contributed by atoms with E-state index in [0.717, 1.165) is 12.1 Å². The lowest BCUT2D eigenvalue weighted by Gasteiger charge is -2.14. The van der Waals surface area contributed by atoms with Crippen molar-refractivity contribution in [2.24, 2.45) is 0 Å². The van der Waals surface area contributed by atoms with Gasteiger partial charge in [-0.3, -0.25) is 19.7 Å². The van der Waals surface area contributed by atoms with Gasteiger partial charge in [0.15, 0.2) is 16.4 Å². The topological polar surface area (TPSA) is 182 Å². The van der Waals surface area contributed by atoms with Crippen LogP contribution in [-0.4, -0.2) is 78.4 Å². The lowest BCUT2D eigenvalue weighted by atomic mass is 10.2. The molecule has 0 aliphatic carbocycles. The van der Waals surface area contributed by atoms with E-state index < -0.39 is 66.4 Å². The summed E-state index contributed by atoms with van der Waals surface area (Å²) < 4.78 is 54.0. The highest BCUT2D eigenvalue weighted by Crippen LogP contribution is 2.29. The molecule has 31 heavy (non-hydrogen) atoms. The van der Waals surface area contributed by atoms with Gasteiger partial charge in [-0.25, -0.2) is 16.8 Å². The van der Waals surface area contributed by atoms with E-state index in [1.54, 1.807) is 14.1 Å². The third kappa shape index (κ3) is 6.86. The summed E-state index contributed by atoms with van der Waals surface area (Å²) in [5.74, 6) is -2.00. The maximum atomic E-state index is 12.3. The minimum absolute atomic E-state index is 0.0345. The van der Waals surface area contributed by atoms with Crippen molar-refractivity contribution in [3.8, 4) is 0 Å². The van der Waals surface area contributed by atoms with E-state index in [1.165, 1.54) is 11.0 Å². The molecule has 1 aliphatic heterocycles. The van der Waals surface area contributed by atoms with Crippen LogP contribution in [0, 0.1) is 10.1 Å². The van der Waals surface area contributed by atoms with E-state index in [9.17, 15) is 36.5 Å². The average Bonchev–Trinajstić information content (AvgIpc) is 3.02. The van der Waals surface area contributed by atoms with E-state index in [2.05, 4.69) is 10.1 Å². The minimum Gasteiger partial charge on any atom is -0.455 e. The van der Waals surface area contributed by atoms with Crippen molar-refractivity contribution in [3.05, 3.63) is 28.3 Å². The number of benzene rings is 1. The molecular formula is C16H22N4O9S2. The number of rotatable bonds is 9. The number of anilines is 1. The molecule has 1 heterocycles. The Morgan fingerprint density at radius 1 is 1.32 bits per heavy atom. The van der Waals surface area contributed by atoms with Crippen LogP contribution in [0.15, 0.2) is 23.1 Å². The van der Waals surface area contributed by atoms with Gasteiger partial charge >= 0.3 is 5.97 Å². The Kier molecular flexibility index (Phi) is 7.56. The van der Waals surface area contributed by atoms with Crippen LogP contribution >= 0.6 is 0 Å². The zero-order valence-corrected chi connectivity index (χ0v) is 18.4. The number of sulfone groups is 1. The number of esters is 1. The van der Waals surface area contributed by atoms with Crippen molar-refractivity contribution in [1.82, 2.24) is 10.0 Å². The summed E-state index contributed by atoms with van der Waals surface area (Å²) in [6.07, 6.45) is 0.264. The first-order valence-corrected chi connectivity index (χ1v) is 12.2. The number of ether oxygens (including phenoxy) is 1. The number of carbonyl (C=O) groups excluding carboxylic acids is 2. The second kappa shape index (κ2) is 9.57. The molecule has 0 spiro atoms. The van der Waals surface area contributed by atoms with Gasteiger partial charge in [-0.05, 0) is 18.6 Å². The molecule has 13 nitrogen and oxygen atoms in total. The van der Waals surface area contributed by atoms with Crippen LogP contribution in [-0.2, 0) is 34.2 Å². The molecule has 0 radical (unpaired) electrons. The molecule has 2 N–H and O–H groups in total. The molecule has 1 aliphatic rings. The first-order chi connectivity index (χ1) is 14.3. The molecule has 1 atom stereocenters. The summed E-state index contributed by atoms with van der Waals surface area (Å²) >= 11 is 0. The van der Waals surface area contributed by atoms with E-state index in [0.29, 0.717) is 0 Å². The van der Waals surface area contributed by atoms with Crippen molar-refractivity contribution in [2.45, 2.75) is 17.4 Å². The van der Waals surface area contributed by atoms with E-state index in [4.69, 9.17) is 0 Å². The Bertz CT molecular complexity index is 1080. The Morgan fingerprint density at radius 2 is 2.00 bits per heavy atom. The first-order valence-electron chi connectivity index (χ1n) is 8.91. The molecule has 0 saturated carbocycles. The summed E-state index contributed by atoms with van der Waals surface area (Å²) in [5, 5.41) is 13.6. The van der Waals surface area contributed by atoms with Crippen molar-refractivity contribution >= 4 is 43.1 Å². The van der Waals surface area contributed by atoms with Crippen LogP contribution in [0.1, 0.15) is 6.42 Å². The highest BCUT2D eigenvalue weighted by Gasteiger charge is 2.29. The van der Waals surface area contributed by atoms with Crippen LogP contribution in [0.25, 0.3) is 0 Å². The third-order valence-corrected chi connectivity index (χ3v) is 7.47. The van der Waals surface area contributed by atoms with E-state index in [1.807, 2.05) is 4.72 Å². The van der Waals surface area contributed by atoms with Crippen molar-refractivity contribution < 1.29 is 36.1 Å². The Hall–Kier alpha value is -2.78. The first kappa shape index (κ1) is 24.5. The van der Waals surface area contributed by atoms with Gasteiger partial charge in [0.2, 0.25) is 10.0 Å². The molecule has 1 fully saturated rings. The number of hydrogen-bond donors (Lipinski definition) is 2. The zero-order valence-electron chi connectivity index (χ0n) is 16.7.